The molecule has 0 radical (unpaired) electrons. The molecular weight excluding hydrogens is 210 g/mol. The number of thioether (sulfide) groups is 1. The largest absolute Gasteiger partial charge is 0.236 e. The maximum atomic E-state index is 4.49. The summed E-state index contributed by atoms with van der Waals surface area (Å²) < 4.78 is 1.72. The Hall–Kier alpha value is -1.69. The number of nitrogens with zero attached hydrogens (tertiary/aromatic N) is 5. The third-order valence-corrected chi connectivity index (χ3v) is 2.85. The van der Waals surface area contributed by atoms with E-state index < -0.39 is 0 Å². The van der Waals surface area contributed by atoms with Gasteiger partial charge < -0.3 is 0 Å². The first-order chi connectivity index (χ1) is 7.40. The Morgan fingerprint density at radius 2 is 2.13 bits per heavy atom. The molecule has 0 saturated heterocycles. The summed E-state index contributed by atoms with van der Waals surface area (Å²) in [7, 11) is 0. The molecule has 0 atom stereocenters. The smallest absolute Gasteiger partial charge is 0.212 e. The molecule has 15 heavy (non-hydrogen) atoms. The molecule has 5 nitrogen and oxygen atoms in total. The molecule has 0 aliphatic rings. The second kappa shape index (κ2) is 3.16. The Bertz CT molecular complexity index is 633. The summed E-state index contributed by atoms with van der Waals surface area (Å²) in [5.74, 6) is 0. The normalized spacial score (nSPS) is 11.3. The molecule has 2 aromatic heterocycles. The molecule has 3 rings (SSSR count). The van der Waals surface area contributed by atoms with Crippen LogP contribution in [0.15, 0.2) is 29.3 Å². The van der Waals surface area contributed by atoms with Crippen molar-refractivity contribution in [1.29, 1.82) is 0 Å². The first-order valence-electron chi connectivity index (χ1n) is 4.41. The molecule has 0 aliphatic heterocycles. The lowest BCUT2D eigenvalue weighted by Gasteiger charge is -2.01. The van der Waals surface area contributed by atoms with E-state index in [-0.39, 0.29) is 0 Å². The van der Waals surface area contributed by atoms with Crippen LogP contribution in [0.3, 0.4) is 0 Å². The van der Waals surface area contributed by atoms with Crippen molar-refractivity contribution in [2.45, 2.75) is 5.03 Å². The first-order valence-corrected chi connectivity index (χ1v) is 5.63. The number of aromatic nitrogens is 5. The lowest BCUT2D eigenvalue weighted by atomic mass is 10.3. The SMILES string of the molecule is CSc1nc2ccccc2n2nnnc12. The third kappa shape index (κ3) is 1.18. The Labute approximate surface area is 89.5 Å². The highest BCUT2D eigenvalue weighted by Gasteiger charge is 2.09. The van der Waals surface area contributed by atoms with Crippen molar-refractivity contribution < 1.29 is 0 Å². The zero-order chi connectivity index (χ0) is 10.3. The molecule has 2 heterocycles. The van der Waals surface area contributed by atoms with Gasteiger partial charge in [0.25, 0.3) is 0 Å². The van der Waals surface area contributed by atoms with Gasteiger partial charge >= 0.3 is 0 Å². The molecule has 0 amide bonds. The molecule has 6 heteroatoms. The zero-order valence-electron chi connectivity index (χ0n) is 7.95. The summed E-state index contributed by atoms with van der Waals surface area (Å²) >= 11 is 1.54. The highest BCUT2D eigenvalue weighted by Crippen LogP contribution is 2.21. The van der Waals surface area contributed by atoms with Crippen LogP contribution in [0.5, 0.6) is 0 Å². The van der Waals surface area contributed by atoms with E-state index >= 15 is 0 Å². The van der Waals surface area contributed by atoms with Gasteiger partial charge in [-0.15, -0.1) is 16.9 Å². The quantitative estimate of drug-likeness (QED) is 0.576. The Morgan fingerprint density at radius 3 is 3.00 bits per heavy atom. The van der Waals surface area contributed by atoms with Crippen molar-refractivity contribution in [2.24, 2.45) is 0 Å². The average molecular weight is 217 g/mol. The van der Waals surface area contributed by atoms with Crippen molar-refractivity contribution >= 4 is 28.4 Å². The Kier molecular flexibility index (Phi) is 1.81. The first kappa shape index (κ1) is 8.60. The molecule has 1 aromatic carbocycles. The van der Waals surface area contributed by atoms with Crippen LogP contribution < -0.4 is 0 Å². The summed E-state index contributed by atoms with van der Waals surface area (Å²) in [5.41, 5.74) is 2.54. The lowest BCUT2D eigenvalue weighted by Crippen LogP contribution is -1.95. The van der Waals surface area contributed by atoms with Crippen LogP contribution in [-0.4, -0.2) is 31.3 Å². The van der Waals surface area contributed by atoms with Crippen LogP contribution in [0.1, 0.15) is 0 Å². The minimum Gasteiger partial charge on any atom is -0.236 e. The molecule has 0 unspecified atom stereocenters. The van der Waals surface area contributed by atoms with Crippen molar-refractivity contribution in [3.05, 3.63) is 24.3 Å². The van der Waals surface area contributed by atoms with Gasteiger partial charge in [-0.25, -0.2) is 4.98 Å². The van der Waals surface area contributed by atoms with Gasteiger partial charge in [0.2, 0.25) is 5.65 Å². The topological polar surface area (TPSA) is 56.0 Å². The van der Waals surface area contributed by atoms with Crippen LogP contribution in [0, 0.1) is 0 Å². The fourth-order valence-corrected chi connectivity index (χ4v) is 2.02. The fourth-order valence-electron chi connectivity index (χ4n) is 1.52. The molecular formula is C9H7N5S. The number of hydrogen-bond acceptors (Lipinski definition) is 5. The Morgan fingerprint density at radius 1 is 1.27 bits per heavy atom. The van der Waals surface area contributed by atoms with E-state index in [0.29, 0.717) is 5.65 Å². The van der Waals surface area contributed by atoms with Crippen LogP contribution in [0.4, 0.5) is 0 Å². The number of para-hydroxylation sites is 2. The van der Waals surface area contributed by atoms with Gasteiger partial charge in [-0.3, -0.25) is 0 Å². The summed E-state index contributed by atoms with van der Waals surface area (Å²) in [4.78, 5) is 4.49. The van der Waals surface area contributed by atoms with E-state index in [0.717, 1.165) is 16.1 Å². The summed E-state index contributed by atoms with van der Waals surface area (Å²) in [6, 6.07) is 7.81. The zero-order valence-corrected chi connectivity index (χ0v) is 8.77. The minimum atomic E-state index is 0.709. The molecule has 3 aromatic rings. The van der Waals surface area contributed by atoms with Crippen molar-refractivity contribution in [3.8, 4) is 0 Å². The Balaban J connectivity index is 2.57. The lowest BCUT2D eigenvalue weighted by molar-refractivity contribution is 0.839. The van der Waals surface area contributed by atoms with Gasteiger partial charge in [-0.1, -0.05) is 12.1 Å². The van der Waals surface area contributed by atoms with Crippen molar-refractivity contribution in [3.63, 3.8) is 0 Å². The van der Waals surface area contributed by atoms with Crippen molar-refractivity contribution in [2.75, 3.05) is 6.26 Å². The number of hydrogen-bond donors (Lipinski definition) is 0. The predicted octanol–water partition coefficient (Wildman–Crippen LogP) is 1.39. The maximum absolute atomic E-state index is 4.49. The second-order valence-electron chi connectivity index (χ2n) is 3.02. The van der Waals surface area contributed by atoms with Gasteiger partial charge in [0.15, 0.2) is 0 Å². The van der Waals surface area contributed by atoms with E-state index in [1.807, 2.05) is 30.5 Å². The third-order valence-electron chi connectivity index (χ3n) is 2.19. The van der Waals surface area contributed by atoms with Crippen LogP contribution in [0.2, 0.25) is 0 Å². The highest BCUT2D eigenvalue weighted by atomic mass is 32.2. The monoisotopic (exact) mass is 217 g/mol. The van der Waals surface area contributed by atoms with Crippen LogP contribution in [0.25, 0.3) is 16.7 Å². The molecule has 0 aliphatic carbocycles. The van der Waals surface area contributed by atoms with Crippen LogP contribution >= 0.6 is 11.8 Å². The molecule has 0 fully saturated rings. The molecule has 0 bridgehead atoms. The number of benzene rings is 1. The number of fused-ring (bicyclic) bond motifs is 3. The van der Waals surface area contributed by atoms with Gasteiger partial charge in [-0.2, -0.15) is 4.52 Å². The predicted molar refractivity (Wildman–Crippen MR) is 57.9 cm³/mol. The van der Waals surface area contributed by atoms with Gasteiger partial charge in [-0.05, 0) is 28.8 Å². The fraction of sp³-hybridized carbons (Fsp3) is 0.111. The van der Waals surface area contributed by atoms with Gasteiger partial charge in [0.05, 0.1) is 11.0 Å². The maximum Gasteiger partial charge on any atom is 0.212 e. The molecule has 0 N–H and O–H groups in total. The molecule has 0 saturated carbocycles. The highest BCUT2D eigenvalue weighted by molar-refractivity contribution is 7.98. The van der Waals surface area contributed by atoms with E-state index in [2.05, 4.69) is 20.5 Å². The van der Waals surface area contributed by atoms with E-state index in [9.17, 15) is 0 Å². The molecule has 0 spiro atoms. The number of rotatable bonds is 1. The van der Waals surface area contributed by atoms with Gasteiger partial charge in [0, 0.05) is 0 Å². The van der Waals surface area contributed by atoms with Crippen LogP contribution in [-0.2, 0) is 0 Å². The van der Waals surface area contributed by atoms with E-state index in [4.69, 9.17) is 0 Å². The summed E-state index contributed by atoms with van der Waals surface area (Å²) in [6.45, 7) is 0. The van der Waals surface area contributed by atoms with E-state index in [1.165, 1.54) is 0 Å². The second-order valence-corrected chi connectivity index (χ2v) is 3.82. The van der Waals surface area contributed by atoms with Crippen molar-refractivity contribution in [1.82, 2.24) is 25.0 Å². The minimum absolute atomic E-state index is 0.709. The molecule has 74 valence electrons. The number of tetrazole rings is 1. The van der Waals surface area contributed by atoms with E-state index in [1.54, 1.807) is 16.3 Å². The summed E-state index contributed by atoms with van der Waals surface area (Å²) in [5, 5.41) is 12.4. The summed E-state index contributed by atoms with van der Waals surface area (Å²) in [6.07, 6.45) is 1.96. The van der Waals surface area contributed by atoms with Gasteiger partial charge in [0.1, 0.15) is 5.03 Å². The average Bonchev–Trinajstić information content (AvgIpc) is 2.77. The standard InChI is InChI=1S/C9H7N5S/c1-15-9-8-11-12-13-14(8)7-5-3-2-4-6(7)10-9/h2-5H,1H3.